The van der Waals surface area contributed by atoms with Crippen LogP contribution in [0.2, 0.25) is 0 Å². The van der Waals surface area contributed by atoms with E-state index in [0.717, 1.165) is 11.1 Å². The minimum absolute atomic E-state index is 0.0363. The second-order valence-corrected chi connectivity index (χ2v) is 6.64. The predicted octanol–water partition coefficient (Wildman–Crippen LogP) is 2.58. The summed E-state index contributed by atoms with van der Waals surface area (Å²) in [6, 6.07) is 16.0. The van der Waals surface area contributed by atoms with Crippen molar-refractivity contribution in [1.82, 2.24) is 4.72 Å². The Balaban J connectivity index is 2.16. The summed E-state index contributed by atoms with van der Waals surface area (Å²) in [5.41, 5.74) is 1.89. The summed E-state index contributed by atoms with van der Waals surface area (Å²) >= 11 is 0. The molecule has 1 N–H and O–H groups in total. The van der Waals surface area contributed by atoms with Gasteiger partial charge in [-0.05, 0) is 37.1 Å². The highest BCUT2D eigenvalue weighted by Gasteiger charge is 2.21. The maximum Gasteiger partial charge on any atom is 0.264 e. The van der Waals surface area contributed by atoms with Crippen LogP contribution in [0.5, 0.6) is 0 Å². The Bertz CT molecular complexity index is 755. The summed E-state index contributed by atoms with van der Waals surface area (Å²) in [5, 5.41) is 0. The summed E-state index contributed by atoms with van der Waals surface area (Å²) in [4.78, 5) is 11.8. The fourth-order valence-corrected chi connectivity index (χ4v) is 3.10. The third kappa shape index (κ3) is 4.40. The monoisotopic (exact) mass is 333 g/mol. The first-order valence-electron chi connectivity index (χ1n) is 7.28. The second-order valence-electron chi connectivity index (χ2n) is 4.96. The number of hydrogen-bond donors (Lipinski definition) is 1. The highest BCUT2D eigenvalue weighted by atomic mass is 32.2. The van der Waals surface area contributed by atoms with Crippen LogP contribution in [0, 0.1) is 0 Å². The topological polar surface area (TPSA) is 72.5 Å². The molecule has 0 saturated heterocycles. The van der Waals surface area contributed by atoms with Gasteiger partial charge in [0.25, 0.3) is 15.9 Å². The molecule has 6 heteroatoms. The van der Waals surface area contributed by atoms with Gasteiger partial charge >= 0.3 is 0 Å². The molecule has 5 nitrogen and oxygen atoms in total. The number of amides is 1. The van der Waals surface area contributed by atoms with Gasteiger partial charge in [-0.25, -0.2) is 13.1 Å². The number of carbonyl (C=O) groups excluding carboxylic acids is 1. The zero-order chi connectivity index (χ0) is 16.9. The van der Waals surface area contributed by atoms with E-state index in [1.165, 1.54) is 19.1 Å². The van der Waals surface area contributed by atoms with E-state index in [-0.39, 0.29) is 4.90 Å². The lowest BCUT2D eigenvalue weighted by Crippen LogP contribution is -2.38. The highest BCUT2D eigenvalue weighted by molar-refractivity contribution is 7.90. The molecule has 23 heavy (non-hydrogen) atoms. The number of nitrogens with one attached hydrogen (secondary N) is 1. The van der Waals surface area contributed by atoms with Gasteiger partial charge in [-0.15, -0.1) is 0 Å². The van der Waals surface area contributed by atoms with E-state index in [2.05, 4.69) is 0 Å². The van der Waals surface area contributed by atoms with Crippen LogP contribution in [0.4, 0.5) is 0 Å². The van der Waals surface area contributed by atoms with Crippen molar-refractivity contribution in [3.63, 3.8) is 0 Å². The Labute approximate surface area is 136 Å². The van der Waals surface area contributed by atoms with Gasteiger partial charge in [0.1, 0.15) is 6.10 Å². The van der Waals surface area contributed by atoms with Gasteiger partial charge < -0.3 is 4.74 Å². The molecule has 1 atom stereocenters. The third-order valence-corrected chi connectivity index (χ3v) is 4.66. The predicted molar refractivity (Wildman–Crippen MR) is 88.3 cm³/mol. The molecule has 0 aliphatic carbocycles. The molecule has 0 saturated carbocycles. The second kappa shape index (κ2) is 7.39. The van der Waals surface area contributed by atoms with Crippen LogP contribution in [0.1, 0.15) is 13.8 Å². The van der Waals surface area contributed by atoms with Crippen molar-refractivity contribution in [3.05, 3.63) is 54.6 Å². The van der Waals surface area contributed by atoms with E-state index in [4.69, 9.17) is 4.74 Å². The van der Waals surface area contributed by atoms with Crippen LogP contribution in [-0.4, -0.2) is 27.0 Å². The van der Waals surface area contributed by atoms with Gasteiger partial charge in [-0.1, -0.05) is 42.5 Å². The maximum atomic E-state index is 12.2. The normalized spacial score (nSPS) is 12.6. The molecule has 122 valence electrons. The van der Waals surface area contributed by atoms with E-state index in [9.17, 15) is 13.2 Å². The summed E-state index contributed by atoms with van der Waals surface area (Å²) in [7, 11) is -3.90. The largest absolute Gasteiger partial charge is 0.369 e. The number of ether oxygens (including phenoxy) is 1. The zero-order valence-corrected chi connectivity index (χ0v) is 13.8. The average molecular weight is 333 g/mol. The molecular formula is C17H19NO4S. The van der Waals surface area contributed by atoms with Crippen molar-refractivity contribution >= 4 is 15.9 Å². The molecule has 1 unspecified atom stereocenters. The van der Waals surface area contributed by atoms with E-state index < -0.39 is 22.0 Å². The molecule has 0 fully saturated rings. The van der Waals surface area contributed by atoms with Crippen LogP contribution >= 0.6 is 0 Å². The van der Waals surface area contributed by atoms with Gasteiger partial charge in [0, 0.05) is 6.61 Å². The third-order valence-electron chi connectivity index (χ3n) is 3.29. The molecule has 0 radical (unpaired) electrons. The first-order valence-corrected chi connectivity index (χ1v) is 8.76. The molecular weight excluding hydrogens is 314 g/mol. The lowest BCUT2D eigenvalue weighted by molar-refractivity contribution is -0.129. The van der Waals surface area contributed by atoms with E-state index in [1.807, 2.05) is 35.1 Å². The number of rotatable bonds is 6. The van der Waals surface area contributed by atoms with Gasteiger partial charge in [-0.2, -0.15) is 0 Å². The SMILES string of the molecule is CCOC(C)C(=O)NS(=O)(=O)c1ccc(-c2ccccc2)cc1. The van der Waals surface area contributed by atoms with Crippen molar-refractivity contribution in [3.8, 4) is 11.1 Å². The highest BCUT2D eigenvalue weighted by Crippen LogP contribution is 2.20. The number of carbonyl (C=O) groups is 1. The summed E-state index contributed by atoms with van der Waals surface area (Å²) in [5.74, 6) is -0.681. The quantitative estimate of drug-likeness (QED) is 0.882. The molecule has 0 aromatic heterocycles. The lowest BCUT2D eigenvalue weighted by Gasteiger charge is -2.12. The Morgan fingerprint density at radius 1 is 1.04 bits per heavy atom. The van der Waals surface area contributed by atoms with Crippen LogP contribution in [0.25, 0.3) is 11.1 Å². The zero-order valence-electron chi connectivity index (χ0n) is 13.0. The van der Waals surface area contributed by atoms with Crippen LogP contribution in [0.15, 0.2) is 59.5 Å². The molecule has 2 rings (SSSR count). The van der Waals surface area contributed by atoms with Gasteiger partial charge in [0.05, 0.1) is 4.90 Å². The maximum absolute atomic E-state index is 12.2. The van der Waals surface area contributed by atoms with Crippen LogP contribution in [0.3, 0.4) is 0 Å². The Morgan fingerprint density at radius 3 is 2.17 bits per heavy atom. The molecule has 0 bridgehead atoms. The number of hydrogen-bond acceptors (Lipinski definition) is 4. The molecule has 0 aliphatic rings. The molecule has 0 spiro atoms. The first-order chi connectivity index (χ1) is 10.9. The lowest BCUT2D eigenvalue weighted by atomic mass is 10.1. The van der Waals surface area contributed by atoms with Crippen molar-refractivity contribution in [2.45, 2.75) is 24.8 Å². The van der Waals surface area contributed by atoms with E-state index in [0.29, 0.717) is 6.61 Å². The molecule has 0 heterocycles. The minimum atomic E-state index is -3.90. The minimum Gasteiger partial charge on any atom is -0.369 e. The fraction of sp³-hybridized carbons (Fsp3) is 0.235. The van der Waals surface area contributed by atoms with Gasteiger partial charge in [-0.3, -0.25) is 4.79 Å². The van der Waals surface area contributed by atoms with E-state index >= 15 is 0 Å². The van der Waals surface area contributed by atoms with E-state index in [1.54, 1.807) is 19.1 Å². The Kier molecular flexibility index (Phi) is 5.52. The van der Waals surface area contributed by atoms with Crippen molar-refractivity contribution in [2.75, 3.05) is 6.61 Å². The van der Waals surface area contributed by atoms with Gasteiger partial charge in [0.15, 0.2) is 0 Å². The molecule has 2 aromatic carbocycles. The van der Waals surface area contributed by atoms with Crippen molar-refractivity contribution in [2.24, 2.45) is 0 Å². The van der Waals surface area contributed by atoms with Gasteiger partial charge in [0.2, 0.25) is 0 Å². The average Bonchev–Trinajstić information content (AvgIpc) is 2.55. The number of sulfonamides is 1. The van der Waals surface area contributed by atoms with Crippen molar-refractivity contribution in [1.29, 1.82) is 0 Å². The molecule has 0 aliphatic heterocycles. The smallest absolute Gasteiger partial charge is 0.264 e. The van der Waals surface area contributed by atoms with Crippen LogP contribution in [-0.2, 0) is 19.6 Å². The van der Waals surface area contributed by atoms with Crippen molar-refractivity contribution < 1.29 is 17.9 Å². The first kappa shape index (κ1) is 17.2. The Hall–Kier alpha value is -2.18. The summed E-state index contributed by atoms with van der Waals surface area (Å²) < 4.78 is 31.5. The van der Waals surface area contributed by atoms with Crippen LogP contribution < -0.4 is 4.72 Å². The Morgan fingerprint density at radius 2 is 1.61 bits per heavy atom. The number of benzene rings is 2. The molecule has 2 aromatic rings. The summed E-state index contributed by atoms with van der Waals surface area (Å²) in [6.07, 6.45) is -0.821. The standard InChI is InChI=1S/C17H19NO4S/c1-3-22-13(2)17(19)18-23(20,21)16-11-9-15(10-12-16)14-7-5-4-6-8-14/h4-13H,3H2,1-2H3,(H,18,19). The fourth-order valence-electron chi connectivity index (χ4n) is 2.06. The molecule has 1 amide bonds. The summed E-state index contributed by atoms with van der Waals surface area (Å²) in [6.45, 7) is 3.58.